The first-order valence-corrected chi connectivity index (χ1v) is 8.85. The number of benzene rings is 2. The quantitative estimate of drug-likeness (QED) is 0.614. The molecule has 1 fully saturated rings. The van der Waals surface area contributed by atoms with Crippen molar-refractivity contribution >= 4 is 23.0 Å². The van der Waals surface area contributed by atoms with E-state index >= 15 is 0 Å². The molecule has 3 rings (SSSR count). The SMILES string of the molecule is C[C@@H](C(=O)Nc1ccccc1F)[NH+]1CCN(c2ccc([N+](=O)[O-])cc2)CC1. The molecule has 27 heavy (non-hydrogen) atoms. The van der Waals surface area contributed by atoms with Crippen LogP contribution in [0.2, 0.25) is 0 Å². The molecule has 2 aromatic rings. The molecule has 1 saturated heterocycles. The van der Waals surface area contributed by atoms with Crippen LogP contribution in [0.3, 0.4) is 0 Å². The summed E-state index contributed by atoms with van der Waals surface area (Å²) in [6.07, 6.45) is 0. The minimum atomic E-state index is -0.448. The number of hydrogen-bond donors (Lipinski definition) is 2. The molecule has 0 aromatic heterocycles. The van der Waals surface area contributed by atoms with E-state index in [4.69, 9.17) is 0 Å². The molecule has 1 heterocycles. The number of nitrogens with one attached hydrogen (secondary N) is 2. The summed E-state index contributed by atoms with van der Waals surface area (Å²) < 4.78 is 13.7. The van der Waals surface area contributed by atoms with Crippen molar-refractivity contribution in [2.45, 2.75) is 13.0 Å². The van der Waals surface area contributed by atoms with Crippen LogP contribution < -0.4 is 15.1 Å². The van der Waals surface area contributed by atoms with Crippen LogP contribution in [0, 0.1) is 15.9 Å². The van der Waals surface area contributed by atoms with Crippen LogP contribution in [0.25, 0.3) is 0 Å². The lowest BCUT2D eigenvalue weighted by molar-refractivity contribution is -0.914. The van der Waals surface area contributed by atoms with Crippen molar-refractivity contribution in [1.29, 1.82) is 0 Å². The number of carbonyl (C=O) groups excluding carboxylic acids is 1. The molecule has 0 unspecified atom stereocenters. The van der Waals surface area contributed by atoms with E-state index in [1.165, 1.54) is 18.2 Å². The number of halogens is 1. The molecule has 7 nitrogen and oxygen atoms in total. The Kier molecular flexibility index (Phi) is 5.66. The number of non-ortho nitro benzene ring substituents is 1. The summed E-state index contributed by atoms with van der Waals surface area (Å²) in [5, 5.41) is 13.4. The predicted molar refractivity (Wildman–Crippen MR) is 100 cm³/mol. The number of piperazine rings is 1. The fourth-order valence-corrected chi connectivity index (χ4v) is 3.26. The van der Waals surface area contributed by atoms with Crippen LogP contribution in [-0.4, -0.2) is 43.1 Å². The highest BCUT2D eigenvalue weighted by Gasteiger charge is 2.29. The van der Waals surface area contributed by atoms with Crippen molar-refractivity contribution in [3.05, 3.63) is 64.5 Å². The van der Waals surface area contributed by atoms with Gasteiger partial charge in [0.2, 0.25) is 0 Å². The Labute approximate surface area is 156 Å². The molecule has 2 N–H and O–H groups in total. The van der Waals surface area contributed by atoms with E-state index < -0.39 is 10.7 Å². The molecule has 0 spiro atoms. The van der Waals surface area contributed by atoms with Gasteiger partial charge in [-0.1, -0.05) is 12.1 Å². The minimum Gasteiger partial charge on any atom is -0.360 e. The van der Waals surface area contributed by atoms with Crippen LogP contribution in [0.4, 0.5) is 21.5 Å². The van der Waals surface area contributed by atoms with E-state index in [1.807, 2.05) is 6.92 Å². The van der Waals surface area contributed by atoms with Crippen molar-refractivity contribution in [2.75, 3.05) is 36.4 Å². The van der Waals surface area contributed by atoms with E-state index in [0.717, 1.165) is 36.8 Å². The average molecular weight is 373 g/mol. The van der Waals surface area contributed by atoms with Gasteiger partial charge in [-0.2, -0.15) is 0 Å². The first-order chi connectivity index (χ1) is 13.0. The molecule has 1 atom stereocenters. The summed E-state index contributed by atoms with van der Waals surface area (Å²) >= 11 is 0. The summed E-state index contributed by atoms with van der Waals surface area (Å²) in [5.74, 6) is -0.657. The third-order valence-electron chi connectivity index (χ3n) is 4.97. The van der Waals surface area contributed by atoms with Gasteiger partial charge in [0.25, 0.3) is 11.6 Å². The second-order valence-electron chi connectivity index (χ2n) is 6.61. The molecule has 8 heteroatoms. The molecular formula is C19H22FN4O3+. The van der Waals surface area contributed by atoms with Crippen LogP contribution in [0.1, 0.15) is 6.92 Å². The molecule has 1 amide bonds. The fraction of sp³-hybridized carbons (Fsp3) is 0.316. The van der Waals surface area contributed by atoms with Gasteiger partial charge in [0.15, 0.2) is 6.04 Å². The van der Waals surface area contributed by atoms with E-state index in [0.29, 0.717) is 0 Å². The van der Waals surface area contributed by atoms with Gasteiger partial charge in [-0.15, -0.1) is 0 Å². The molecule has 0 bridgehead atoms. The molecule has 2 aromatic carbocycles. The molecule has 1 aliphatic heterocycles. The lowest BCUT2D eigenvalue weighted by Crippen LogP contribution is -3.19. The van der Waals surface area contributed by atoms with E-state index in [1.54, 1.807) is 30.3 Å². The summed E-state index contributed by atoms with van der Waals surface area (Å²) in [5.41, 5.74) is 1.20. The summed E-state index contributed by atoms with van der Waals surface area (Å²) in [4.78, 5) is 26.0. The largest absolute Gasteiger partial charge is 0.360 e. The zero-order valence-corrected chi connectivity index (χ0v) is 15.0. The number of para-hydroxylation sites is 1. The Morgan fingerprint density at radius 3 is 2.41 bits per heavy atom. The number of hydrogen-bond acceptors (Lipinski definition) is 4. The van der Waals surface area contributed by atoms with Crippen molar-refractivity contribution in [3.63, 3.8) is 0 Å². The Bertz CT molecular complexity index is 820. The number of quaternary nitrogens is 1. The molecule has 0 saturated carbocycles. The standard InChI is InChI=1S/C19H21FN4O3/c1-14(19(25)21-18-5-3-2-4-17(18)20)22-10-12-23(13-11-22)15-6-8-16(9-7-15)24(26)27/h2-9,14H,10-13H2,1H3,(H,21,25)/p+1/t14-/m0/s1. The number of amides is 1. The maximum absolute atomic E-state index is 13.7. The van der Waals surface area contributed by atoms with Gasteiger partial charge in [-0.25, -0.2) is 4.39 Å². The van der Waals surface area contributed by atoms with Crippen molar-refractivity contribution in [1.82, 2.24) is 0 Å². The Balaban J connectivity index is 1.55. The van der Waals surface area contributed by atoms with Gasteiger partial charge in [0, 0.05) is 17.8 Å². The maximum Gasteiger partial charge on any atom is 0.282 e. The number of carbonyl (C=O) groups is 1. The lowest BCUT2D eigenvalue weighted by Gasteiger charge is -2.36. The Morgan fingerprint density at radius 1 is 1.19 bits per heavy atom. The fourth-order valence-electron chi connectivity index (χ4n) is 3.26. The van der Waals surface area contributed by atoms with Crippen molar-refractivity contribution in [3.8, 4) is 0 Å². The van der Waals surface area contributed by atoms with Gasteiger partial charge in [-0.3, -0.25) is 14.9 Å². The highest BCUT2D eigenvalue weighted by molar-refractivity contribution is 5.93. The molecular weight excluding hydrogens is 351 g/mol. The van der Waals surface area contributed by atoms with Crippen LogP contribution in [0.15, 0.2) is 48.5 Å². The number of nitro groups is 1. The summed E-state index contributed by atoms with van der Waals surface area (Å²) in [6.45, 7) is 4.83. The Hall–Kier alpha value is -3.00. The maximum atomic E-state index is 13.7. The van der Waals surface area contributed by atoms with Gasteiger partial charge in [0.1, 0.15) is 5.82 Å². The van der Waals surface area contributed by atoms with E-state index in [-0.39, 0.29) is 23.3 Å². The average Bonchev–Trinajstić information content (AvgIpc) is 2.69. The first kappa shape index (κ1) is 18.8. The topological polar surface area (TPSA) is 79.9 Å². The second kappa shape index (κ2) is 8.13. The van der Waals surface area contributed by atoms with Crippen molar-refractivity contribution in [2.24, 2.45) is 0 Å². The monoisotopic (exact) mass is 373 g/mol. The number of rotatable bonds is 5. The number of nitrogens with zero attached hydrogens (tertiary/aromatic N) is 2. The molecule has 0 radical (unpaired) electrons. The van der Waals surface area contributed by atoms with E-state index in [9.17, 15) is 19.3 Å². The zero-order valence-electron chi connectivity index (χ0n) is 15.0. The highest BCUT2D eigenvalue weighted by Crippen LogP contribution is 2.19. The molecule has 0 aliphatic carbocycles. The van der Waals surface area contributed by atoms with Crippen molar-refractivity contribution < 1.29 is 19.0 Å². The normalized spacial score (nSPS) is 16.0. The third-order valence-corrected chi connectivity index (χ3v) is 4.97. The third kappa shape index (κ3) is 4.40. The van der Waals surface area contributed by atoms with Crippen LogP contribution in [-0.2, 0) is 4.79 Å². The predicted octanol–water partition coefficient (Wildman–Crippen LogP) is 1.47. The first-order valence-electron chi connectivity index (χ1n) is 8.85. The van der Waals surface area contributed by atoms with Crippen LogP contribution in [0.5, 0.6) is 0 Å². The second-order valence-corrected chi connectivity index (χ2v) is 6.61. The number of anilines is 2. The van der Waals surface area contributed by atoms with Gasteiger partial charge in [-0.05, 0) is 31.2 Å². The molecule has 1 aliphatic rings. The zero-order chi connectivity index (χ0) is 19.4. The summed E-state index contributed by atoms with van der Waals surface area (Å²) in [7, 11) is 0. The Morgan fingerprint density at radius 2 is 1.81 bits per heavy atom. The van der Waals surface area contributed by atoms with Gasteiger partial charge >= 0.3 is 0 Å². The lowest BCUT2D eigenvalue weighted by atomic mass is 10.2. The highest BCUT2D eigenvalue weighted by atomic mass is 19.1. The smallest absolute Gasteiger partial charge is 0.282 e. The van der Waals surface area contributed by atoms with Crippen LogP contribution >= 0.6 is 0 Å². The minimum absolute atomic E-state index is 0.0708. The number of nitro benzene ring substituents is 1. The summed E-state index contributed by atoms with van der Waals surface area (Å²) in [6, 6.07) is 12.3. The molecule has 142 valence electrons. The van der Waals surface area contributed by atoms with Gasteiger partial charge < -0.3 is 15.1 Å². The van der Waals surface area contributed by atoms with E-state index in [2.05, 4.69) is 10.2 Å². The van der Waals surface area contributed by atoms with Gasteiger partial charge in [0.05, 0.1) is 36.8 Å².